The molecule has 0 aliphatic carbocycles. The second kappa shape index (κ2) is 8.53. The van der Waals surface area contributed by atoms with Gasteiger partial charge in [-0.15, -0.1) is 11.8 Å². The van der Waals surface area contributed by atoms with Crippen molar-refractivity contribution < 1.29 is 9.72 Å². The second-order valence-corrected chi connectivity index (χ2v) is 7.96. The smallest absolute Gasteiger partial charge is 0.270 e. The van der Waals surface area contributed by atoms with Gasteiger partial charge in [0.15, 0.2) is 0 Å². The summed E-state index contributed by atoms with van der Waals surface area (Å²) in [7, 11) is 0. The lowest BCUT2D eigenvalue weighted by Crippen LogP contribution is -2.35. The molecule has 2 aromatic carbocycles. The topological polar surface area (TPSA) is 79.2 Å². The van der Waals surface area contributed by atoms with E-state index in [1.54, 1.807) is 12.1 Å². The summed E-state index contributed by atoms with van der Waals surface area (Å²) in [5, 5.41) is 11.8. The van der Waals surface area contributed by atoms with Crippen LogP contribution in [0.1, 0.15) is 17.5 Å². The van der Waals surface area contributed by atoms with E-state index >= 15 is 0 Å². The van der Waals surface area contributed by atoms with Gasteiger partial charge in [0.1, 0.15) is 0 Å². The van der Waals surface area contributed by atoms with Crippen molar-refractivity contribution in [1.29, 1.82) is 0 Å². The number of nitro benzene ring substituents is 1. The van der Waals surface area contributed by atoms with Gasteiger partial charge in [-0.05, 0) is 29.2 Å². The molecule has 4 rings (SSSR count). The van der Waals surface area contributed by atoms with Gasteiger partial charge in [0.25, 0.3) is 5.69 Å². The molecule has 0 saturated heterocycles. The number of non-ortho nitro benzene ring substituents is 1. The first-order valence-corrected chi connectivity index (χ1v) is 10.6. The van der Waals surface area contributed by atoms with Crippen molar-refractivity contribution in [3.63, 3.8) is 0 Å². The summed E-state index contributed by atoms with van der Waals surface area (Å²) in [5.41, 5.74) is 4.44. The summed E-state index contributed by atoms with van der Waals surface area (Å²) < 4.78 is 0. The van der Waals surface area contributed by atoms with E-state index in [-0.39, 0.29) is 16.5 Å². The molecule has 0 unspecified atom stereocenters. The number of nitrogens with one attached hydrogen (secondary N) is 1. The molecule has 29 heavy (non-hydrogen) atoms. The lowest BCUT2D eigenvalue weighted by molar-refractivity contribution is -0.384. The van der Waals surface area contributed by atoms with Crippen LogP contribution in [0.15, 0.2) is 60.8 Å². The Balaban J connectivity index is 1.33. The number of carbonyl (C=O) groups is 1. The van der Waals surface area contributed by atoms with E-state index in [1.165, 1.54) is 29.0 Å². The number of H-pyrrole nitrogens is 1. The fourth-order valence-corrected chi connectivity index (χ4v) is 4.47. The van der Waals surface area contributed by atoms with Crippen molar-refractivity contribution in [3.05, 3.63) is 82.0 Å². The predicted molar refractivity (Wildman–Crippen MR) is 117 cm³/mol. The standard InChI is InChI=1S/C22H21N3O3S/c26-22(24-10-8-17(9-11-24)16-4-2-1-3-5-16)15-29-14-18-13-23-21-7-6-19(25(27)28)12-20(18)21/h1-8,12-13,23H,9-11,14-15H2. The van der Waals surface area contributed by atoms with Gasteiger partial charge >= 0.3 is 0 Å². The average Bonchev–Trinajstić information content (AvgIpc) is 3.16. The average molecular weight is 407 g/mol. The molecular weight excluding hydrogens is 386 g/mol. The Hall–Kier alpha value is -3.06. The molecule has 7 heteroatoms. The maximum absolute atomic E-state index is 12.6. The Morgan fingerprint density at radius 1 is 1.21 bits per heavy atom. The minimum atomic E-state index is -0.388. The van der Waals surface area contributed by atoms with Gasteiger partial charge in [0, 0.05) is 48.1 Å². The number of carbonyl (C=O) groups excluding carboxylic acids is 1. The molecule has 1 amide bonds. The minimum Gasteiger partial charge on any atom is -0.361 e. The van der Waals surface area contributed by atoms with Crippen molar-refractivity contribution in [2.45, 2.75) is 12.2 Å². The molecule has 1 aliphatic heterocycles. The normalized spacial score (nSPS) is 14.1. The summed E-state index contributed by atoms with van der Waals surface area (Å²) >= 11 is 1.54. The molecule has 1 aromatic heterocycles. The van der Waals surface area contributed by atoms with Crippen molar-refractivity contribution in [1.82, 2.24) is 9.88 Å². The highest BCUT2D eigenvalue weighted by Crippen LogP contribution is 2.27. The van der Waals surface area contributed by atoms with E-state index in [9.17, 15) is 14.9 Å². The SMILES string of the molecule is O=C(CSCc1c[nH]c2ccc([N+](=O)[O-])cc12)N1CC=C(c2ccccc2)CC1. The maximum Gasteiger partial charge on any atom is 0.270 e. The van der Waals surface area contributed by atoms with Crippen LogP contribution in [0, 0.1) is 10.1 Å². The molecule has 0 bridgehead atoms. The highest BCUT2D eigenvalue weighted by molar-refractivity contribution is 7.99. The Morgan fingerprint density at radius 2 is 2.03 bits per heavy atom. The Labute approximate surface area is 172 Å². The van der Waals surface area contributed by atoms with Gasteiger partial charge in [0.2, 0.25) is 5.91 Å². The van der Waals surface area contributed by atoms with Crippen LogP contribution in [0.2, 0.25) is 0 Å². The first kappa shape index (κ1) is 19.3. The zero-order chi connectivity index (χ0) is 20.2. The fourth-order valence-electron chi connectivity index (χ4n) is 3.55. The molecule has 2 heterocycles. The number of amides is 1. The lowest BCUT2D eigenvalue weighted by Gasteiger charge is -2.26. The number of nitrogens with zero attached hydrogens (tertiary/aromatic N) is 2. The molecule has 1 N–H and O–H groups in total. The predicted octanol–water partition coefficient (Wildman–Crippen LogP) is 4.63. The first-order chi connectivity index (χ1) is 14.1. The number of aromatic nitrogens is 1. The molecule has 1 aliphatic rings. The molecule has 148 valence electrons. The van der Waals surface area contributed by atoms with Crippen molar-refractivity contribution in [2.75, 3.05) is 18.8 Å². The van der Waals surface area contributed by atoms with Gasteiger partial charge in [0.05, 0.1) is 10.7 Å². The zero-order valence-corrected chi connectivity index (χ0v) is 16.7. The third kappa shape index (κ3) is 4.35. The number of thioether (sulfide) groups is 1. The highest BCUT2D eigenvalue weighted by atomic mass is 32.2. The number of hydrogen-bond donors (Lipinski definition) is 1. The molecule has 0 saturated carbocycles. The fraction of sp³-hybridized carbons (Fsp3) is 0.227. The number of hydrogen-bond acceptors (Lipinski definition) is 4. The van der Waals surface area contributed by atoms with E-state index in [0.717, 1.165) is 29.4 Å². The molecule has 0 fully saturated rings. The summed E-state index contributed by atoms with van der Waals surface area (Å²) in [4.78, 5) is 28.2. The Morgan fingerprint density at radius 3 is 2.76 bits per heavy atom. The van der Waals surface area contributed by atoms with Crippen LogP contribution in [-0.2, 0) is 10.5 Å². The quantitative estimate of drug-likeness (QED) is 0.477. The number of benzene rings is 2. The third-order valence-corrected chi connectivity index (χ3v) is 6.12. The molecule has 0 spiro atoms. The van der Waals surface area contributed by atoms with Crippen LogP contribution >= 0.6 is 11.8 Å². The van der Waals surface area contributed by atoms with Crippen LogP contribution < -0.4 is 0 Å². The van der Waals surface area contributed by atoms with E-state index in [0.29, 0.717) is 18.1 Å². The van der Waals surface area contributed by atoms with Crippen LogP contribution in [-0.4, -0.2) is 39.6 Å². The summed E-state index contributed by atoms with van der Waals surface area (Å²) in [5.74, 6) is 1.16. The Bertz CT molecular complexity index is 1080. The van der Waals surface area contributed by atoms with Crippen molar-refractivity contribution >= 4 is 39.8 Å². The second-order valence-electron chi connectivity index (χ2n) is 6.98. The molecule has 0 atom stereocenters. The maximum atomic E-state index is 12.6. The van der Waals surface area contributed by atoms with Crippen LogP contribution in [0.25, 0.3) is 16.5 Å². The molecule has 6 nitrogen and oxygen atoms in total. The molecular formula is C22H21N3O3S. The van der Waals surface area contributed by atoms with E-state index in [4.69, 9.17) is 0 Å². The summed E-state index contributed by atoms with van der Waals surface area (Å²) in [6.07, 6.45) is 4.87. The lowest BCUT2D eigenvalue weighted by atomic mass is 10.00. The molecule has 3 aromatic rings. The zero-order valence-electron chi connectivity index (χ0n) is 15.8. The van der Waals surface area contributed by atoms with Crippen molar-refractivity contribution in [2.24, 2.45) is 0 Å². The monoisotopic (exact) mass is 407 g/mol. The number of nitro groups is 1. The van der Waals surface area contributed by atoms with Gasteiger partial charge in [-0.3, -0.25) is 14.9 Å². The third-order valence-electron chi connectivity index (χ3n) is 5.15. The van der Waals surface area contributed by atoms with E-state index < -0.39 is 0 Å². The van der Waals surface area contributed by atoms with Crippen LogP contribution in [0.5, 0.6) is 0 Å². The van der Waals surface area contributed by atoms with Gasteiger partial charge < -0.3 is 9.88 Å². The van der Waals surface area contributed by atoms with E-state index in [1.807, 2.05) is 29.3 Å². The number of rotatable bonds is 6. The summed E-state index contributed by atoms with van der Waals surface area (Å²) in [6, 6.07) is 15.1. The number of aromatic amines is 1. The highest BCUT2D eigenvalue weighted by Gasteiger charge is 2.18. The first-order valence-electron chi connectivity index (χ1n) is 9.46. The Kier molecular flexibility index (Phi) is 5.67. The largest absolute Gasteiger partial charge is 0.361 e. The van der Waals surface area contributed by atoms with Gasteiger partial charge in [-0.2, -0.15) is 0 Å². The van der Waals surface area contributed by atoms with Crippen LogP contribution in [0.4, 0.5) is 5.69 Å². The van der Waals surface area contributed by atoms with Gasteiger partial charge in [-0.1, -0.05) is 36.4 Å². The van der Waals surface area contributed by atoms with Crippen molar-refractivity contribution in [3.8, 4) is 0 Å². The minimum absolute atomic E-state index is 0.0775. The molecule has 0 radical (unpaired) electrons. The van der Waals surface area contributed by atoms with Crippen LogP contribution in [0.3, 0.4) is 0 Å². The van der Waals surface area contributed by atoms with Gasteiger partial charge in [-0.25, -0.2) is 0 Å². The number of fused-ring (bicyclic) bond motifs is 1. The van der Waals surface area contributed by atoms with E-state index in [2.05, 4.69) is 23.2 Å². The summed E-state index contributed by atoms with van der Waals surface area (Å²) in [6.45, 7) is 1.38.